The van der Waals surface area contributed by atoms with Gasteiger partial charge in [0.25, 0.3) is 0 Å². The second-order valence-electron chi connectivity index (χ2n) is 19.2. The van der Waals surface area contributed by atoms with Gasteiger partial charge in [0, 0.05) is 19.3 Å². The van der Waals surface area contributed by atoms with Crippen LogP contribution in [0, 0.1) is 0 Å². The molecular formula is C57H102NO7+. The molecule has 0 aromatic heterocycles. The van der Waals surface area contributed by atoms with Crippen molar-refractivity contribution in [3.63, 3.8) is 0 Å². The number of carboxylic acids is 1. The molecule has 0 bridgehead atoms. The van der Waals surface area contributed by atoms with E-state index in [-0.39, 0.29) is 36.2 Å². The van der Waals surface area contributed by atoms with Gasteiger partial charge in [-0.2, -0.15) is 0 Å². The van der Waals surface area contributed by atoms with E-state index >= 15 is 0 Å². The molecule has 1 N–H and O–H groups in total. The minimum atomic E-state index is -0.879. The van der Waals surface area contributed by atoms with Crippen LogP contribution in [0.1, 0.15) is 232 Å². The highest BCUT2D eigenvalue weighted by molar-refractivity contribution is 5.72. The summed E-state index contributed by atoms with van der Waals surface area (Å²) in [5.41, 5.74) is 0. The number of carboxylic acid groups (broad SMARTS) is 1. The van der Waals surface area contributed by atoms with Crippen molar-refractivity contribution in [3.8, 4) is 0 Å². The molecule has 8 nitrogen and oxygen atoms in total. The van der Waals surface area contributed by atoms with Crippen molar-refractivity contribution in [2.75, 3.05) is 41.0 Å². The number of allylic oxidation sites excluding steroid dienone is 10. The highest BCUT2D eigenvalue weighted by Crippen LogP contribution is 2.15. The predicted molar refractivity (Wildman–Crippen MR) is 275 cm³/mol. The quantitative estimate of drug-likeness (QED) is 0.0213. The van der Waals surface area contributed by atoms with E-state index in [1.807, 2.05) is 21.1 Å². The molecule has 0 aliphatic heterocycles. The summed E-state index contributed by atoms with van der Waals surface area (Å²) in [6.07, 6.45) is 59.9. The lowest BCUT2D eigenvalue weighted by Gasteiger charge is -2.31. The highest BCUT2D eigenvalue weighted by atomic mass is 16.6. The van der Waals surface area contributed by atoms with E-state index < -0.39 is 18.1 Å². The Labute approximate surface area is 400 Å². The second-order valence-corrected chi connectivity index (χ2v) is 19.2. The van der Waals surface area contributed by atoms with Gasteiger partial charge in [-0.15, -0.1) is 0 Å². The lowest BCUT2D eigenvalue weighted by Crippen LogP contribution is -2.50. The number of esters is 2. The van der Waals surface area contributed by atoms with Gasteiger partial charge in [0.1, 0.15) is 6.61 Å². The first-order valence-corrected chi connectivity index (χ1v) is 26.9. The summed E-state index contributed by atoms with van der Waals surface area (Å²) >= 11 is 0. The fraction of sp³-hybridized carbons (Fsp3) is 0.772. The van der Waals surface area contributed by atoms with Crippen molar-refractivity contribution >= 4 is 17.9 Å². The number of hydrogen-bond donors (Lipinski definition) is 1. The zero-order chi connectivity index (χ0) is 47.7. The van der Waals surface area contributed by atoms with Crippen molar-refractivity contribution in [2.45, 2.75) is 244 Å². The van der Waals surface area contributed by atoms with Gasteiger partial charge in [0.05, 0.1) is 34.4 Å². The molecule has 0 saturated heterocycles. The summed E-state index contributed by atoms with van der Waals surface area (Å²) in [6, 6.07) is -0.622. The Morgan fingerprint density at radius 3 is 1.31 bits per heavy atom. The Bertz CT molecular complexity index is 1250. The molecule has 65 heavy (non-hydrogen) atoms. The van der Waals surface area contributed by atoms with Crippen molar-refractivity contribution in [1.29, 1.82) is 0 Å². The fourth-order valence-corrected chi connectivity index (χ4v) is 7.77. The molecule has 0 aromatic rings. The van der Waals surface area contributed by atoms with Gasteiger partial charge in [-0.3, -0.25) is 9.59 Å². The van der Waals surface area contributed by atoms with E-state index in [2.05, 4.69) is 74.6 Å². The minimum absolute atomic E-state index is 0.0495. The van der Waals surface area contributed by atoms with Gasteiger partial charge < -0.3 is 23.8 Å². The monoisotopic (exact) mass is 913 g/mol. The third-order valence-electron chi connectivity index (χ3n) is 12.0. The Kier molecular flexibility index (Phi) is 45.3. The molecular weight excluding hydrogens is 811 g/mol. The molecule has 0 rings (SSSR count). The molecule has 0 aliphatic carbocycles. The normalized spacial score (nSPS) is 13.3. The van der Waals surface area contributed by atoms with E-state index in [1.165, 1.54) is 122 Å². The molecule has 2 unspecified atom stereocenters. The number of likely N-dealkylation sites (N-methyl/N-ethyl adjacent to an activating group) is 1. The number of ether oxygens (including phenoxy) is 3. The first-order chi connectivity index (χ1) is 31.6. The lowest BCUT2D eigenvalue weighted by atomic mass is 10.1. The molecule has 8 heteroatoms. The standard InChI is InChI=1S/C57H101NO7/c1-6-8-10-12-14-16-18-20-22-24-26-27-28-29-30-32-34-36-38-40-42-44-46-48-56(60)65-53(51-63-50-49-54(57(61)62)58(3,4)5)52-64-55(59)47-45-43-41-39-37-35-33-31-25-23-21-19-17-15-13-11-9-7-2/h19,21,23,25-27,29-31,33,53-54H,6-18,20,22,24,28,32,34-52H2,1-5H3/p+1/b21-19+,25-23+,27-26+,30-29+,33-31+. The van der Waals surface area contributed by atoms with Crippen molar-refractivity contribution in [1.82, 2.24) is 0 Å². The van der Waals surface area contributed by atoms with Crippen LogP contribution in [0.4, 0.5) is 0 Å². The van der Waals surface area contributed by atoms with Crippen molar-refractivity contribution in [2.24, 2.45) is 0 Å². The number of carbonyl (C=O) groups excluding carboxylic acids is 2. The maximum absolute atomic E-state index is 12.8. The van der Waals surface area contributed by atoms with Crippen molar-refractivity contribution < 1.29 is 38.2 Å². The zero-order valence-electron chi connectivity index (χ0n) is 42.9. The molecule has 0 aromatic carbocycles. The largest absolute Gasteiger partial charge is 0.477 e. The molecule has 0 amide bonds. The van der Waals surface area contributed by atoms with Crippen LogP contribution in [0.2, 0.25) is 0 Å². The summed E-state index contributed by atoms with van der Waals surface area (Å²) in [4.78, 5) is 37.2. The smallest absolute Gasteiger partial charge is 0.362 e. The molecule has 0 aliphatic rings. The van der Waals surface area contributed by atoms with Crippen LogP contribution in [0.15, 0.2) is 60.8 Å². The van der Waals surface area contributed by atoms with Crippen LogP contribution in [0.3, 0.4) is 0 Å². The van der Waals surface area contributed by atoms with E-state index in [0.29, 0.717) is 19.3 Å². The van der Waals surface area contributed by atoms with Gasteiger partial charge in [-0.25, -0.2) is 4.79 Å². The summed E-state index contributed by atoms with van der Waals surface area (Å²) in [6.45, 7) is 4.71. The molecule has 0 fully saturated rings. The molecule has 0 saturated carbocycles. The highest BCUT2D eigenvalue weighted by Gasteiger charge is 2.31. The van der Waals surface area contributed by atoms with Crippen LogP contribution in [-0.4, -0.2) is 80.6 Å². The Morgan fingerprint density at radius 1 is 0.477 bits per heavy atom. The van der Waals surface area contributed by atoms with Crippen molar-refractivity contribution in [3.05, 3.63) is 60.8 Å². The first-order valence-electron chi connectivity index (χ1n) is 26.9. The topological polar surface area (TPSA) is 99.1 Å². The van der Waals surface area contributed by atoms with E-state index in [4.69, 9.17) is 14.2 Å². The molecule has 2 atom stereocenters. The van der Waals surface area contributed by atoms with Gasteiger partial charge in [-0.05, 0) is 70.6 Å². The number of nitrogens with zero attached hydrogens (tertiary/aromatic N) is 1. The maximum atomic E-state index is 12.8. The number of carbonyl (C=O) groups is 3. The molecule has 0 spiro atoms. The summed E-state index contributed by atoms with van der Waals surface area (Å²) in [7, 11) is 5.53. The summed E-state index contributed by atoms with van der Waals surface area (Å²) in [5.74, 6) is -1.50. The third kappa shape index (κ3) is 46.0. The lowest BCUT2D eigenvalue weighted by molar-refractivity contribution is -0.887. The van der Waals surface area contributed by atoms with Crippen LogP contribution in [-0.2, 0) is 28.6 Å². The number of aliphatic carboxylic acids is 1. The third-order valence-corrected chi connectivity index (χ3v) is 12.0. The minimum Gasteiger partial charge on any atom is -0.477 e. The van der Waals surface area contributed by atoms with Crippen LogP contribution >= 0.6 is 0 Å². The Hall–Kier alpha value is -2.97. The van der Waals surface area contributed by atoms with Crippen LogP contribution in [0.25, 0.3) is 0 Å². The van der Waals surface area contributed by atoms with Gasteiger partial charge >= 0.3 is 17.9 Å². The number of rotatable bonds is 48. The van der Waals surface area contributed by atoms with E-state index in [0.717, 1.165) is 77.0 Å². The van der Waals surface area contributed by atoms with Gasteiger partial charge in [0.15, 0.2) is 12.1 Å². The Balaban J connectivity index is 4.28. The fourth-order valence-electron chi connectivity index (χ4n) is 7.77. The van der Waals surface area contributed by atoms with Crippen LogP contribution in [0.5, 0.6) is 0 Å². The SMILES string of the molecule is CCCCCCC/C=C/C=C/C=C/CCCCCCCC(=O)OCC(COCCC(C(=O)O)[N+](C)(C)C)OC(=O)CCCCCCCCC/C=C/C/C=C/CCCCCCCCCCC. The van der Waals surface area contributed by atoms with E-state index in [1.54, 1.807) is 0 Å². The van der Waals surface area contributed by atoms with E-state index in [9.17, 15) is 19.5 Å². The van der Waals surface area contributed by atoms with Gasteiger partial charge in [-0.1, -0.05) is 203 Å². The summed E-state index contributed by atoms with van der Waals surface area (Å²) in [5, 5.41) is 9.66. The number of hydrogen-bond acceptors (Lipinski definition) is 6. The Morgan fingerprint density at radius 2 is 0.877 bits per heavy atom. The average molecular weight is 913 g/mol. The average Bonchev–Trinajstić information content (AvgIpc) is 3.27. The number of unbranched alkanes of at least 4 members (excludes halogenated alkanes) is 26. The van der Waals surface area contributed by atoms with Crippen LogP contribution < -0.4 is 0 Å². The maximum Gasteiger partial charge on any atom is 0.362 e. The number of quaternary nitrogens is 1. The zero-order valence-corrected chi connectivity index (χ0v) is 42.9. The molecule has 376 valence electrons. The second kappa shape index (κ2) is 47.5. The predicted octanol–water partition coefficient (Wildman–Crippen LogP) is 15.7. The van der Waals surface area contributed by atoms with Gasteiger partial charge in [0.2, 0.25) is 0 Å². The first kappa shape index (κ1) is 62.0. The summed E-state index contributed by atoms with van der Waals surface area (Å²) < 4.78 is 17.3. The molecule has 0 heterocycles. The molecule has 0 radical (unpaired) electrons.